The lowest BCUT2D eigenvalue weighted by atomic mass is 9.97. The first-order chi connectivity index (χ1) is 23.3. The molecule has 7 aromatic carbocycles. The maximum atomic E-state index is 5.29. The molecule has 0 bridgehead atoms. The Bertz CT molecular complexity index is 2480. The molecule has 0 aliphatic rings. The van der Waals surface area contributed by atoms with E-state index in [1.807, 2.05) is 11.3 Å². The second-order valence-corrected chi connectivity index (χ2v) is 13.7. The Morgan fingerprint density at radius 2 is 0.936 bits per heavy atom. The monoisotopic (exact) mass is 636 g/mol. The second kappa shape index (κ2) is 11.7. The number of thiophene rings is 1. The van der Waals surface area contributed by atoms with Gasteiger partial charge >= 0.3 is 0 Å². The molecule has 0 atom stereocenters. The van der Waals surface area contributed by atoms with Crippen molar-refractivity contribution >= 4 is 70.1 Å². The van der Waals surface area contributed by atoms with Gasteiger partial charge in [0.05, 0.1) is 10.2 Å². The lowest BCUT2D eigenvalue weighted by Crippen LogP contribution is -2.09. The normalized spacial score (nSPS) is 11.4. The minimum absolute atomic E-state index is 1.05. The molecule has 9 rings (SSSR count). The van der Waals surface area contributed by atoms with Gasteiger partial charge in [0, 0.05) is 48.4 Å². The van der Waals surface area contributed by atoms with Crippen molar-refractivity contribution in [3.63, 3.8) is 0 Å². The van der Waals surface area contributed by atoms with E-state index in [4.69, 9.17) is 4.98 Å². The van der Waals surface area contributed by atoms with Crippen molar-refractivity contribution in [1.82, 2.24) is 4.98 Å². The number of thiazole rings is 1. The predicted molar refractivity (Wildman–Crippen MR) is 203 cm³/mol. The van der Waals surface area contributed by atoms with Crippen molar-refractivity contribution in [2.24, 2.45) is 0 Å². The van der Waals surface area contributed by atoms with Crippen LogP contribution < -0.4 is 4.90 Å². The Morgan fingerprint density at radius 3 is 1.62 bits per heavy atom. The first-order valence-corrected chi connectivity index (χ1v) is 17.3. The Hall–Kier alpha value is -5.55. The summed E-state index contributed by atoms with van der Waals surface area (Å²) in [6, 6.07) is 60.6. The molecular weight excluding hydrogens is 609 g/mol. The van der Waals surface area contributed by atoms with Gasteiger partial charge in [-0.2, -0.15) is 0 Å². The fourth-order valence-electron chi connectivity index (χ4n) is 6.49. The molecule has 0 N–H and O–H groups in total. The van der Waals surface area contributed by atoms with Gasteiger partial charge < -0.3 is 4.90 Å². The summed E-state index contributed by atoms with van der Waals surface area (Å²) in [4.78, 5) is 7.62. The van der Waals surface area contributed by atoms with Gasteiger partial charge in [-0.25, -0.2) is 4.98 Å². The van der Waals surface area contributed by atoms with E-state index < -0.39 is 0 Å². The fourth-order valence-corrected chi connectivity index (χ4v) is 8.74. The van der Waals surface area contributed by atoms with Gasteiger partial charge in [-0.05, 0) is 65.2 Å². The molecule has 2 nitrogen and oxygen atoms in total. The van der Waals surface area contributed by atoms with E-state index in [0.717, 1.165) is 33.1 Å². The summed E-state index contributed by atoms with van der Waals surface area (Å²) in [5.41, 5.74) is 10.4. The average Bonchev–Trinajstić information content (AvgIpc) is 3.74. The number of para-hydroxylation sites is 1. The highest BCUT2D eigenvalue weighted by Crippen LogP contribution is 2.47. The molecule has 222 valence electrons. The lowest BCUT2D eigenvalue weighted by molar-refractivity contribution is 1.28. The maximum absolute atomic E-state index is 5.29. The van der Waals surface area contributed by atoms with Crippen LogP contribution in [0.5, 0.6) is 0 Å². The fraction of sp³-hybridized carbons (Fsp3) is 0. The molecule has 9 aromatic rings. The first kappa shape index (κ1) is 27.7. The van der Waals surface area contributed by atoms with Gasteiger partial charge in [0.25, 0.3) is 0 Å². The van der Waals surface area contributed by atoms with Gasteiger partial charge in [-0.15, -0.1) is 22.7 Å². The Kier molecular flexibility index (Phi) is 6.89. The van der Waals surface area contributed by atoms with Gasteiger partial charge in [0.15, 0.2) is 0 Å². The highest BCUT2D eigenvalue weighted by Gasteiger charge is 2.20. The van der Waals surface area contributed by atoms with Crippen molar-refractivity contribution in [2.75, 3.05) is 4.90 Å². The van der Waals surface area contributed by atoms with Crippen LogP contribution >= 0.6 is 22.7 Å². The summed E-state index contributed by atoms with van der Waals surface area (Å²) < 4.78 is 3.81. The summed E-state index contributed by atoms with van der Waals surface area (Å²) in [5.74, 6) is 0. The van der Waals surface area contributed by atoms with Gasteiger partial charge in [0.2, 0.25) is 0 Å². The summed E-state index contributed by atoms with van der Waals surface area (Å²) in [6.07, 6.45) is 0. The molecular formula is C43H28N2S2. The molecule has 2 heterocycles. The topological polar surface area (TPSA) is 16.1 Å². The summed E-state index contributed by atoms with van der Waals surface area (Å²) >= 11 is 3.64. The smallest absolute Gasteiger partial charge is 0.124 e. The molecule has 0 unspecified atom stereocenters. The number of aromatic nitrogens is 1. The zero-order chi connectivity index (χ0) is 31.2. The minimum atomic E-state index is 1.05. The minimum Gasteiger partial charge on any atom is -0.311 e. The third-order valence-corrected chi connectivity index (χ3v) is 10.9. The molecule has 0 radical (unpaired) electrons. The number of hydrogen-bond donors (Lipinski definition) is 0. The van der Waals surface area contributed by atoms with Crippen LogP contribution in [0, 0.1) is 0 Å². The highest BCUT2D eigenvalue weighted by atomic mass is 32.1. The highest BCUT2D eigenvalue weighted by molar-refractivity contribution is 7.27. The van der Waals surface area contributed by atoms with Crippen molar-refractivity contribution in [3.8, 4) is 32.8 Å². The lowest BCUT2D eigenvalue weighted by Gasteiger charge is -2.26. The molecule has 0 spiro atoms. The SMILES string of the molecule is c1ccc(-c2ccc(N(c3ccccc3)c3ccc(-c4c5nc(-c6ccccc6)sc5cc5sc6ccccc6c45)cc3)cc2)cc1. The Morgan fingerprint density at radius 1 is 0.404 bits per heavy atom. The van der Waals surface area contributed by atoms with Gasteiger partial charge in [0.1, 0.15) is 5.01 Å². The van der Waals surface area contributed by atoms with Gasteiger partial charge in [-0.3, -0.25) is 0 Å². The Labute approximate surface area is 281 Å². The van der Waals surface area contributed by atoms with E-state index in [9.17, 15) is 0 Å². The van der Waals surface area contributed by atoms with Crippen molar-refractivity contribution in [1.29, 1.82) is 0 Å². The van der Waals surface area contributed by atoms with Crippen LogP contribution in [0.3, 0.4) is 0 Å². The summed E-state index contributed by atoms with van der Waals surface area (Å²) in [6.45, 7) is 0. The van der Waals surface area contributed by atoms with Crippen LogP contribution in [0.1, 0.15) is 0 Å². The second-order valence-electron chi connectivity index (χ2n) is 11.6. The maximum Gasteiger partial charge on any atom is 0.124 e. The number of rotatable bonds is 6. The molecule has 0 aliphatic heterocycles. The molecule has 0 saturated carbocycles. The quantitative estimate of drug-likeness (QED) is 0.181. The predicted octanol–water partition coefficient (Wildman–Crippen LogP) is 13.1. The van der Waals surface area contributed by atoms with E-state index in [2.05, 4.69) is 175 Å². The van der Waals surface area contributed by atoms with Crippen molar-refractivity contribution < 1.29 is 0 Å². The molecule has 0 amide bonds. The summed E-state index contributed by atoms with van der Waals surface area (Å²) in [7, 11) is 0. The van der Waals surface area contributed by atoms with E-state index in [-0.39, 0.29) is 0 Å². The van der Waals surface area contributed by atoms with E-state index in [1.54, 1.807) is 11.3 Å². The first-order valence-electron chi connectivity index (χ1n) is 15.7. The summed E-state index contributed by atoms with van der Waals surface area (Å²) in [5, 5.41) is 3.62. The van der Waals surface area contributed by atoms with E-state index in [0.29, 0.717) is 0 Å². The molecule has 0 saturated heterocycles. The largest absolute Gasteiger partial charge is 0.311 e. The van der Waals surface area contributed by atoms with Crippen LogP contribution in [0.15, 0.2) is 170 Å². The molecule has 0 fully saturated rings. The zero-order valence-corrected chi connectivity index (χ0v) is 27.0. The molecule has 0 aliphatic carbocycles. The number of hydrogen-bond acceptors (Lipinski definition) is 4. The third-order valence-electron chi connectivity index (χ3n) is 8.71. The Balaban J connectivity index is 1.19. The van der Waals surface area contributed by atoms with E-state index in [1.165, 1.54) is 47.1 Å². The van der Waals surface area contributed by atoms with Gasteiger partial charge in [-0.1, -0.05) is 121 Å². The van der Waals surface area contributed by atoms with Crippen LogP contribution in [0.25, 0.3) is 63.2 Å². The molecule has 2 aromatic heterocycles. The zero-order valence-electron chi connectivity index (χ0n) is 25.4. The number of anilines is 3. The van der Waals surface area contributed by atoms with Crippen LogP contribution in [-0.2, 0) is 0 Å². The van der Waals surface area contributed by atoms with Crippen LogP contribution in [0.4, 0.5) is 17.1 Å². The molecule has 4 heteroatoms. The van der Waals surface area contributed by atoms with E-state index >= 15 is 0 Å². The molecule has 47 heavy (non-hydrogen) atoms. The third kappa shape index (κ3) is 4.99. The number of fused-ring (bicyclic) bond motifs is 4. The van der Waals surface area contributed by atoms with Crippen molar-refractivity contribution in [2.45, 2.75) is 0 Å². The average molecular weight is 637 g/mol. The standard InChI is InChI=1S/C43H28N2S2/c1-4-12-29(13-5-1)30-20-24-34(25-21-30)45(33-16-8-3-9-17-33)35-26-22-31(23-27-35)40-41-36-18-10-11-19-37(36)46-38(41)28-39-42(40)44-43(47-39)32-14-6-2-7-15-32/h1-28H. The number of benzene rings is 7. The number of nitrogens with zero attached hydrogens (tertiary/aromatic N) is 2. The van der Waals surface area contributed by atoms with Crippen LogP contribution in [0.2, 0.25) is 0 Å². The van der Waals surface area contributed by atoms with Crippen LogP contribution in [-0.4, -0.2) is 4.98 Å². The van der Waals surface area contributed by atoms with Crippen molar-refractivity contribution in [3.05, 3.63) is 170 Å².